The molecule has 2 aromatic heterocycles. The maximum absolute atomic E-state index is 13.2. The average molecular weight is 301 g/mol. The van der Waals surface area contributed by atoms with Gasteiger partial charge in [-0.15, -0.1) is 11.3 Å². The van der Waals surface area contributed by atoms with Gasteiger partial charge >= 0.3 is 0 Å². The van der Waals surface area contributed by atoms with Gasteiger partial charge < -0.3 is 10.7 Å². The van der Waals surface area contributed by atoms with Gasteiger partial charge in [-0.1, -0.05) is 0 Å². The molecule has 0 radical (unpaired) electrons. The van der Waals surface area contributed by atoms with E-state index >= 15 is 0 Å². The van der Waals surface area contributed by atoms with Gasteiger partial charge in [-0.05, 0) is 31.0 Å². The lowest BCUT2D eigenvalue weighted by atomic mass is 10.1. The molecular weight excluding hydrogens is 289 g/mol. The first-order valence-electron chi connectivity index (χ1n) is 6.63. The molecule has 1 aliphatic rings. The summed E-state index contributed by atoms with van der Waals surface area (Å²) in [4.78, 5) is 19.9. The topological polar surface area (TPSA) is 71.8 Å². The normalized spacial score (nSPS) is 16.3. The molecule has 0 saturated heterocycles. The van der Waals surface area contributed by atoms with E-state index < -0.39 is 0 Å². The number of hydrogen-bond acceptors (Lipinski definition) is 4. The number of carbonyl (C=O) groups is 1. The molecule has 1 saturated carbocycles. The number of aromatic amines is 1. The molecule has 3 N–H and O–H groups in total. The minimum atomic E-state index is -0.335. The molecule has 4 rings (SSSR count). The van der Waals surface area contributed by atoms with Gasteiger partial charge in [0.1, 0.15) is 5.82 Å². The maximum Gasteiger partial charge on any atom is 0.223 e. The summed E-state index contributed by atoms with van der Waals surface area (Å²) in [7, 11) is 0. The van der Waals surface area contributed by atoms with Crippen LogP contribution in [0.2, 0.25) is 0 Å². The average Bonchev–Trinajstić information content (AvgIpc) is 2.94. The summed E-state index contributed by atoms with van der Waals surface area (Å²) in [5.74, 6) is -0.493. The minimum Gasteiger partial charge on any atom is -0.360 e. The molecule has 0 amide bonds. The van der Waals surface area contributed by atoms with E-state index in [1.54, 1.807) is 12.3 Å². The second-order valence-corrected chi connectivity index (χ2v) is 6.27. The number of hydrogen-bond donors (Lipinski definition) is 2. The summed E-state index contributed by atoms with van der Waals surface area (Å²) in [5.41, 5.74) is 7.66. The van der Waals surface area contributed by atoms with Gasteiger partial charge in [-0.3, -0.25) is 4.79 Å². The van der Waals surface area contributed by atoms with Crippen LogP contribution in [-0.4, -0.2) is 15.8 Å². The van der Waals surface area contributed by atoms with Gasteiger partial charge in [0.15, 0.2) is 5.01 Å². The lowest BCUT2D eigenvalue weighted by Crippen LogP contribution is -2.19. The summed E-state index contributed by atoms with van der Waals surface area (Å²) in [5, 5.41) is 2.98. The Balaban J connectivity index is 1.74. The summed E-state index contributed by atoms with van der Waals surface area (Å²) in [6.45, 7) is 0. The molecule has 1 aromatic carbocycles. The van der Waals surface area contributed by atoms with Crippen LogP contribution < -0.4 is 5.73 Å². The van der Waals surface area contributed by atoms with Crippen LogP contribution in [-0.2, 0) is 5.54 Å². The Kier molecular flexibility index (Phi) is 2.55. The number of ketones is 1. The third-order valence-electron chi connectivity index (χ3n) is 3.89. The predicted octanol–water partition coefficient (Wildman–Crippen LogP) is 2.94. The fraction of sp³-hybridized carbons (Fsp3) is 0.200. The second-order valence-electron chi connectivity index (χ2n) is 5.42. The van der Waals surface area contributed by atoms with Crippen molar-refractivity contribution >= 4 is 28.0 Å². The summed E-state index contributed by atoms with van der Waals surface area (Å²) >= 11 is 1.31. The standard InChI is InChI=1S/C15H12FN3OS/c16-8-1-2-9-10(6-18-11(9)5-8)13(20)14-19-12(7-21-14)15(17)3-4-15/h1-2,5-7,18H,3-4,17H2. The highest BCUT2D eigenvalue weighted by Crippen LogP contribution is 2.42. The molecule has 0 spiro atoms. The number of fused-ring (bicyclic) bond motifs is 1. The first-order chi connectivity index (χ1) is 10.1. The first-order valence-corrected chi connectivity index (χ1v) is 7.51. The Morgan fingerprint density at radius 1 is 1.43 bits per heavy atom. The SMILES string of the molecule is NC1(c2csc(C(=O)c3c[nH]c4cc(F)ccc34)n2)CC1. The van der Waals surface area contributed by atoms with Gasteiger partial charge in [-0.25, -0.2) is 9.37 Å². The van der Waals surface area contributed by atoms with Gasteiger partial charge in [0.05, 0.1) is 16.8 Å². The van der Waals surface area contributed by atoms with Crippen molar-refractivity contribution < 1.29 is 9.18 Å². The largest absolute Gasteiger partial charge is 0.360 e. The Bertz CT molecular complexity index is 863. The van der Waals surface area contributed by atoms with E-state index in [2.05, 4.69) is 9.97 Å². The minimum absolute atomic E-state index is 0.159. The number of rotatable bonds is 3. The number of nitrogens with two attached hydrogens (primary N) is 1. The number of halogens is 1. The molecule has 4 nitrogen and oxygen atoms in total. The van der Waals surface area contributed by atoms with Crippen LogP contribution in [0.25, 0.3) is 10.9 Å². The highest BCUT2D eigenvalue weighted by Gasteiger charge is 2.42. The number of nitrogens with one attached hydrogen (secondary N) is 1. The molecule has 1 fully saturated rings. The van der Waals surface area contributed by atoms with Gasteiger partial charge in [0.2, 0.25) is 5.78 Å². The number of carbonyl (C=O) groups excluding carboxylic acids is 1. The number of benzene rings is 1. The zero-order chi connectivity index (χ0) is 14.6. The monoisotopic (exact) mass is 301 g/mol. The fourth-order valence-corrected chi connectivity index (χ4v) is 3.28. The molecular formula is C15H12FN3OS. The van der Waals surface area contributed by atoms with Crippen molar-refractivity contribution in [3.8, 4) is 0 Å². The van der Waals surface area contributed by atoms with Crippen LogP contribution in [0.3, 0.4) is 0 Å². The Morgan fingerprint density at radius 3 is 3.00 bits per heavy atom. The molecule has 0 aliphatic heterocycles. The molecule has 3 aromatic rings. The van der Waals surface area contributed by atoms with Crippen LogP contribution in [0.1, 0.15) is 33.9 Å². The van der Waals surface area contributed by atoms with Crippen LogP contribution >= 0.6 is 11.3 Å². The van der Waals surface area contributed by atoms with E-state index in [0.717, 1.165) is 18.5 Å². The number of H-pyrrole nitrogens is 1. The summed E-state index contributed by atoms with van der Waals surface area (Å²) < 4.78 is 13.2. The van der Waals surface area contributed by atoms with E-state index in [4.69, 9.17) is 5.73 Å². The van der Waals surface area contributed by atoms with Crippen molar-refractivity contribution in [2.24, 2.45) is 5.73 Å². The van der Waals surface area contributed by atoms with Crippen molar-refractivity contribution in [1.82, 2.24) is 9.97 Å². The van der Waals surface area contributed by atoms with Crippen molar-refractivity contribution in [3.05, 3.63) is 51.9 Å². The van der Waals surface area contributed by atoms with Crippen molar-refractivity contribution in [2.45, 2.75) is 18.4 Å². The van der Waals surface area contributed by atoms with Crippen LogP contribution in [0.5, 0.6) is 0 Å². The molecule has 0 unspecified atom stereocenters. The lowest BCUT2D eigenvalue weighted by Gasteiger charge is -2.02. The van der Waals surface area contributed by atoms with Crippen molar-refractivity contribution in [3.63, 3.8) is 0 Å². The summed E-state index contributed by atoms with van der Waals surface area (Å²) in [6.07, 6.45) is 3.43. The quantitative estimate of drug-likeness (QED) is 0.731. The fourth-order valence-electron chi connectivity index (χ4n) is 2.40. The van der Waals surface area contributed by atoms with E-state index in [0.29, 0.717) is 21.5 Å². The van der Waals surface area contributed by atoms with Crippen molar-refractivity contribution in [1.29, 1.82) is 0 Å². The van der Waals surface area contributed by atoms with E-state index in [9.17, 15) is 9.18 Å². The number of aromatic nitrogens is 2. The molecule has 2 heterocycles. The Labute approximate surface area is 123 Å². The predicted molar refractivity (Wildman–Crippen MR) is 78.9 cm³/mol. The molecule has 106 valence electrons. The molecule has 6 heteroatoms. The highest BCUT2D eigenvalue weighted by molar-refractivity contribution is 7.12. The van der Waals surface area contributed by atoms with Crippen LogP contribution in [0, 0.1) is 5.82 Å². The number of thiazole rings is 1. The van der Waals surface area contributed by atoms with Gasteiger partial charge in [-0.2, -0.15) is 0 Å². The third-order valence-corrected chi connectivity index (χ3v) is 4.73. The second kappa shape index (κ2) is 4.22. The van der Waals surface area contributed by atoms with E-state index in [-0.39, 0.29) is 17.1 Å². The molecule has 21 heavy (non-hydrogen) atoms. The maximum atomic E-state index is 13.2. The van der Waals surface area contributed by atoms with Gasteiger partial charge in [0, 0.05) is 22.5 Å². The lowest BCUT2D eigenvalue weighted by molar-refractivity contribution is 0.103. The van der Waals surface area contributed by atoms with E-state index in [1.807, 2.05) is 5.38 Å². The zero-order valence-electron chi connectivity index (χ0n) is 11.0. The molecule has 0 bridgehead atoms. The molecule has 1 aliphatic carbocycles. The third kappa shape index (κ3) is 1.99. The van der Waals surface area contributed by atoms with E-state index in [1.165, 1.54) is 23.5 Å². The van der Waals surface area contributed by atoms with Crippen LogP contribution in [0.4, 0.5) is 4.39 Å². The number of nitrogens with zero attached hydrogens (tertiary/aromatic N) is 1. The van der Waals surface area contributed by atoms with Crippen LogP contribution in [0.15, 0.2) is 29.8 Å². The smallest absolute Gasteiger partial charge is 0.223 e. The Morgan fingerprint density at radius 2 is 2.24 bits per heavy atom. The highest BCUT2D eigenvalue weighted by atomic mass is 32.1. The molecule has 0 atom stereocenters. The van der Waals surface area contributed by atoms with Crippen molar-refractivity contribution in [2.75, 3.05) is 0 Å². The van der Waals surface area contributed by atoms with Gasteiger partial charge in [0.25, 0.3) is 0 Å². The zero-order valence-corrected chi connectivity index (χ0v) is 11.8. The Hall–Kier alpha value is -2.05. The first kappa shape index (κ1) is 12.7. The summed E-state index contributed by atoms with van der Waals surface area (Å²) in [6, 6.07) is 4.33.